The normalized spacial score (nSPS) is 11.1. The lowest BCUT2D eigenvalue weighted by molar-refractivity contribution is 0.545. The van der Waals surface area contributed by atoms with Crippen LogP contribution in [0.3, 0.4) is 0 Å². The Morgan fingerprint density at radius 1 is 1.41 bits per heavy atom. The van der Waals surface area contributed by atoms with Gasteiger partial charge in [-0.2, -0.15) is 0 Å². The summed E-state index contributed by atoms with van der Waals surface area (Å²) < 4.78 is 5.63. The van der Waals surface area contributed by atoms with Crippen molar-refractivity contribution in [2.45, 2.75) is 6.42 Å². The molecule has 0 saturated carbocycles. The second-order valence-electron chi connectivity index (χ2n) is 3.71. The fraction of sp³-hybridized carbons (Fsp3) is 0.0833. The van der Waals surface area contributed by atoms with Crippen molar-refractivity contribution < 1.29 is 4.42 Å². The molecule has 0 saturated heterocycles. The van der Waals surface area contributed by atoms with Crippen LogP contribution in [0, 0.1) is 0 Å². The lowest BCUT2D eigenvalue weighted by Gasteiger charge is -1.94. The molecule has 0 aliphatic heterocycles. The van der Waals surface area contributed by atoms with Crippen LogP contribution < -0.4 is 5.73 Å². The number of hydrogen-bond donors (Lipinski definition) is 1. The molecule has 17 heavy (non-hydrogen) atoms. The monoisotopic (exact) mass is 264 g/mol. The SMILES string of the molecule is Nc1cc2oc(Cc3cccs3)nc2cc1Cl. The molecule has 0 unspecified atom stereocenters. The largest absolute Gasteiger partial charge is 0.440 e. The zero-order valence-electron chi connectivity index (χ0n) is 8.81. The summed E-state index contributed by atoms with van der Waals surface area (Å²) in [6, 6.07) is 7.51. The van der Waals surface area contributed by atoms with Gasteiger partial charge in [0.15, 0.2) is 5.58 Å². The first-order valence-corrected chi connectivity index (χ1v) is 6.35. The van der Waals surface area contributed by atoms with Crippen LogP contribution in [-0.4, -0.2) is 4.98 Å². The third-order valence-corrected chi connectivity index (χ3v) is 3.66. The maximum atomic E-state index is 5.94. The van der Waals surface area contributed by atoms with E-state index in [1.165, 1.54) is 4.88 Å². The topological polar surface area (TPSA) is 52.0 Å². The van der Waals surface area contributed by atoms with Crippen molar-refractivity contribution in [1.29, 1.82) is 0 Å². The van der Waals surface area contributed by atoms with E-state index in [2.05, 4.69) is 11.1 Å². The smallest absolute Gasteiger partial charge is 0.200 e. The Morgan fingerprint density at radius 2 is 2.29 bits per heavy atom. The molecule has 3 nitrogen and oxygen atoms in total. The fourth-order valence-corrected chi connectivity index (χ4v) is 2.50. The van der Waals surface area contributed by atoms with E-state index in [1.807, 2.05) is 11.4 Å². The van der Waals surface area contributed by atoms with Gasteiger partial charge in [-0.25, -0.2) is 4.98 Å². The highest BCUT2D eigenvalue weighted by Crippen LogP contribution is 2.27. The van der Waals surface area contributed by atoms with E-state index in [9.17, 15) is 0 Å². The van der Waals surface area contributed by atoms with Crippen molar-refractivity contribution in [3.05, 3.63) is 45.4 Å². The third-order valence-electron chi connectivity index (χ3n) is 2.46. The number of anilines is 1. The predicted molar refractivity (Wildman–Crippen MR) is 70.6 cm³/mol. The van der Waals surface area contributed by atoms with Crippen LogP contribution in [0.5, 0.6) is 0 Å². The zero-order chi connectivity index (χ0) is 11.8. The maximum Gasteiger partial charge on any atom is 0.200 e. The van der Waals surface area contributed by atoms with Crippen molar-refractivity contribution in [2.24, 2.45) is 0 Å². The average molecular weight is 265 g/mol. The van der Waals surface area contributed by atoms with Crippen molar-refractivity contribution in [2.75, 3.05) is 5.73 Å². The summed E-state index contributed by atoms with van der Waals surface area (Å²) in [6.45, 7) is 0. The predicted octanol–water partition coefficient (Wildman–Crippen LogP) is 3.72. The number of rotatable bonds is 2. The summed E-state index contributed by atoms with van der Waals surface area (Å²) in [6.07, 6.45) is 0.698. The summed E-state index contributed by atoms with van der Waals surface area (Å²) in [4.78, 5) is 5.61. The number of benzene rings is 1. The summed E-state index contributed by atoms with van der Waals surface area (Å²) in [5, 5.41) is 2.54. The molecule has 3 rings (SSSR count). The third kappa shape index (κ3) is 2.01. The van der Waals surface area contributed by atoms with Gasteiger partial charge in [-0.3, -0.25) is 0 Å². The molecule has 0 amide bonds. The van der Waals surface area contributed by atoms with Crippen molar-refractivity contribution >= 4 is 39.7 Å². The van der Waals surface area contributed by atoms with Crippen molar-refractivity contribution in [3.8, 4) is 0 Å². The molecule has 0 bridgehead atoms. The standard InChI is InChI=1S/C12H9ClN2OS/c13-8-5-10-11(6-9(8)14)16-12(15-10)4-7-2-1-3-17-7/h1-3,5-6H,4,14H2. The first kappa shape index (κ1) is 10.6. The molecule has 0 aliphatic rings. The number of aromatic nitrogens is 1. The van der Waals surface area contributed by atoms with Crippen LogP contribution in [-0.2, 0) is 6.42 Å². The number of hydrogen-bond acceptors (Lipinski definition) is 4. The number of oxazole rings is 1. The molecule has 2 heterocycles. The Bertz CT molecular complexity index is 622. The molecular formula is C12H9ClN2OS. The van der Waals surface area contributed by atoms with Gasteiger partial charge in [0.2, 0.25) is 5.89 Å². The van der Waals surface area contributed by atoms with Gasteiger partial charge in [0.05, 0.1) is 17.1 Å². The van der Waals surface area contributed by atoms with Gasteiger partial charge < -0.3 is 10.2 Å². The lowest BCUT2D eigenvalue weighted by Crippen LogP contribution is -1.85. The molecule has 1 aromatic carbocycles. The second-order valence-corrected chi connectivity index (χ2v) is 5.14. The molecule has 0 spiro atoms. The van der Waals surface area contributed by atoms with E-state index in [-0.39, 0.29) is 0 Å². The van der Waals surface area contributed by atoms with Crippen molar-refractivity contribution in [1.82, 2.24) is 4.98 Å². The van der Waals surface area contributed by atoms with E-state index < -0.39 is 0 Å². The molecule has 0 aliphatic carbocycles. The molecule has 86 valence electrons. The number of nitrogen functional groups attached to an aromatic ring is 1. The molecule has 0 radical (unpaired) electrons. The van der Waals surface area contributed by atoms with Crippen LogP contribution >= 0.6 is 22.9 Å². The average Bonchev–Trinajstić information content (AvgIpc) is 2.89. The number of halogens is 1. The number of nitrogens with two attached hydrogens (primary N) is 1. The van der Waals surface area contributed by atoms with Crippen LogP contribution in [0.2, 0.25) is 5.02 Å². The minimum atomic E-state index is 0.508. The Morgan fingerprint density at radius 3 is 3.06 bits per heavy atom. The minimum absolute atomic E-state index is 0.508. The molecule has 2 N–H and O–H groups in total. The maximum absolute atomic E-state index is 5.94. The summed E-state index contributed by atoms with van der Waals surface area (Å²) in [5.74, 6) is 0.684. The quantitative estimate of drug-likeness (QED) is 0.718. The van der Waals surface area contributed by atoms with Crippen LogP contribution in [0.4, 0.5) is 5.69 Å². The molecule has 3 aromatic rings. The summed E-state index contributed by atoms with van der Waals surface area (Å²) in [5.41, 5.74) is 7.65. The fourth-order valence-electron chi connectivity index (χ4n) is 1.65. The van der Waals surface area contributed by atoms with Crippen LogP contribution in [0.1, 0.15) is 10.8 Å². The number of nitrogens with zero attached hydrogens (tertiary/aromatic N) is 1. The van der Waals surface area contributed by atoms with Gasteiger partial charge in [0.25, 0.3) is 0 Å². The first-order chi connectivity index (χ1) is 8.22. The lowest BCUT2D eigenvalue weighted by atomic mass is 10.3. The highest BCUT2D eigenvalue weighted by atomic mass is 35.5. The van der Waals surface area contributed by atoms with Gasteiger partial charge in [-0.05, 0) is 17.5 Å². The Hall–Kier alpha value is -1.52. The summed E-state index contributed by atoms with van der Waals surface area (Å²) in [7, 11) is 0. The summed E-state index contributed by atoms with van der Waals surface area (Å²) >= 11 is 7.62. The second kappa shape index (κ2) is 4.05. The van der Waals surface area contributed by atoms with Gasteiger partial charge >= 0.3 is 0 Å². The molecule has 0 fully saturated rings. The van der Waals surface area contributed by atoms with Crippen molar-refractivity contribution in [3.63, 3.8) is 0 Å². The molecule has 2 aromatic heterocycles. The van der Waals surface area contributed by atoms with E-state index >= 15 is 0 Å². The highest BCUT2D eigenvalue weighted by molar-refractivity contribution is 7.09. The van der Waals surface area contributed by atoms with Gasteiger partial charge in [0.1, 0.15) is 5.52 Å². The number of thiophene rings is 1. The van der Waals surface area contributed by atoms with E-state index in [0.29, 0.717) is 28.6 Å². The Balaban J connectivity index is 2.02. The molecular weight excluding hydrogens is 256 g/mol. The van der Waals surface area contributed by atoms with E-state index in [0.717, 1.165) is 5.52 Å². The van der Waals surface area contributed by atoms with Gasteiger partial charge in [-0.15, -0.1) is 11.3 Å². The van der Waals surface area contributed by atoms with Gasteiger partial charge in [-0.1, -0.05) is 17.7 Å². The van der Waals surface area contributed by atoms with E-state index in [4.69, 9.17) is 21.8 Å². The zero-order valence-corrected chi connectivity index (χ0v) is 10.4. The van der Waals surface area contributed by atoms with Crippen LogP contribution in [0.15, 0.2) is 34.1 Å². The highest BCUT2D eigenvalue weighted by Gasteiger charge is 2.09. The van der Waals surface area contributed by atoms with Gasteiger partial charge in [0, 0.05) is 10.9 Å². The molecule has 5 heteroatoms. The Labute approximate surface area is 107 Å². The number of fused-ring (bicyclic) bond motifs is 1. The first-order valence-electron chi connectivity index (χ1n) is 5.09. The van der Waals surface area contributed by atoms with Crippen LogP contribution in [0.25, 0.3) is 11.1 Å². The molecule has 0 atom stereocenters. The van der Waals surface area contributed by atoms with E-state index in [1.54, 1.807) is 23.5 Å². The Kier molecular flexibility index (Phi) is 2.53. The minimum Gasteiger partial charge on any atom is -0.440 e.